The van der Waals surface area contributed by atoms with Gasteiger partial charge < -0.3 is 128 Å². The van der Waals surface area contributed by atoms with Gasteiger partial charge in [-0.1, -0.05) is 6.92 Å². The van der Waals surface area contributed by atoms with Crippen LogP contribution in [0, 0.1) is 0 Å². The third-order valence-corrected chi connectivity index (χ3v) is 12.5. The Morgan fingerprint density at radius 1 is 0.239 bits per heavy atom. The highest BCUT2D eigenvalue weighted by Crippen LogP contribution is 2.09. The van der Waals surface area contributed by atoms with Gasteiger partial charge in [-0.15, -0.1) is 0 Å². The van der Waals surface area contributed by atoms with Crippen LogP contribution in [-0.2, 0) is 133 Å². The number of methoxy groups -OCH3 is 3. The normalized spacial score (nSPS) is 14.6. The van der Waals surface area contributed by atoms with Crippen LogP contribution in [0.2, 0.25) is 0 Å². The molecule has 0 aromatic heterocycles. The predicted octanol–water partition coefficient (Wildman–Crippen LogP) is 3.76. The zero-order valence-electron chi connectivity index (χ0n) is 58.4. The highest BCUT2D eigenvalue weighted by molar-refractivity contribution is 5.83. The molecular formula is C64H128O28. The van der Waals surface area contributed by atoms with E-state index in [-0.39, 0.29) is 68.1 Å². The highest BCUT2D eigenvalue weighted by Gasteiger charge is 2.23. The maximum Gasteiger partial charge on any atom is 0.166 e. The van der Waals surface area contributed by atoms with E-state index in [0.717, 1.165) is 0 Å². The highest BCUT2D eigenvalue weighted by atomic mass is 16.6. The standard InChI is InChI=1S/C64H128O28/c1-11-62(68-10)48-63(65)64(90-47-42-82-35-30-76-23-22-75-29-32-79-39-44-87-57(3)50-85-52-59(5)92-54-61(7)89-46-41-81-34-27-72-19-17-70-15-13-67-9)55-83-37-36-77-25-24-73-20-21-74-28-31-78-38-43-86-56(2)49-84-51-58(4)91-53-60(6)88-45-40-80-33-26-71-18-16-69-14-12-66-8/h56-62,64H,11-55H2,1-10H3. The minimum absolute atomic E-state index is 0.0647. The number of hydrogen-bond acceptors (Lipinski definition) is 28. The predicted molar refractivity (Wildman–Crippen MR) is 341 cm³/mol. The second-order valence-electron chi connectivity index (χ2n) is 21.0. The van der Waals surface area contributed by atoms with Gasteiger partial charge >= 0.3 is 0 Å². The third kappa shape index (κ3) is 68.5. The van der Waals surface area contributed by atoms with Crippen LogP contribution in [0.4, 0.5) is 0 Å². The van der Waals surface area contributed by atoms with Crippen LogP contribution in [0.1, 0.15) is 61.3 Å². The number of carbonyl (C=O) groups is 1. The van der Waals surface area contributed by atoms with Gasteiger partial charge in [0.25, 0.3) is 0 Å². The molecule has 0 fully saturated rings. The molecule has 0 heterocycles. The van der Waals surface area contributed by atoms with Crippen LogP contribution in [0.5, 0.6) is 0 Å². The summed E-state index contributed by atoms with van der Waals surface area (Å²) in [7, 11) is 4.88. The molecule has 0 saturated carbocycles. The maximum absolute atomic E-state index is 13.1. The molecule has 0 N–H and O–H groups in total. The molecule has 28 heteroatoms. The first-order valence-corrected chi connectivity index (χ1v) is 33.2. The van der Waals surface area contributed by atoms with Crippen molar-refractivity contribution in [2.45, 2.75) is 110 Å². The Hall–Kier alpha value is -1.41. The Labute approximate surface area is 552 Å². The summed E-state index contributed by atoms with van der Waals surface area (Å²) in [6.07, 6.45) is -0.481. The van der Waals surface area contributed by atoms with Crippen molar-refractivity contribution in [1.29, 1.82) is 0 Å². The summed E-state index contributed by atoms with van der Waals surface area (Å²) in [6, 6.07) is 0. The van der Waals surface area contributed by atoms with Gasteiger partial charge in [0.05, 0.1) is 327 Å². The van der Waals surface area contributed by atoms with Crippen molar-refractivity contribution in [3.05, 3.63) is 0 Å². The van der Waals surface area contributed by atoms with Crippen molar-refractivity contribution in [1.82, 2.24) is 0 Å². The van der Waals surface area contributed by atoms with E-state index in [1.165, 1.54) is 0 Å². The number of ether oxygens (including phenoxy) is 27. The summed E-state index contributed by atoms with van der Waals surface area (Å²) in [6.45, 7) is 33.0. The Morgan fingerprint density at radius 2 is 0.457 bits per heavy atom. The van der Waals surface area contributed by atoms with E-state index in [0.29, 0.717) is 277 Å². The lowest BCUT2D eigenvalue weighted by Crippen LogP contribution is -2.34. The number of rotatable bonds is 80. The molecule has 0 amide bonds. The molecule has 0 aliphatic rings. The molecule has 0 aliphatic heterocycles. The average Bonchev–Trinajstić information content (AvgIpc) is 3.76. The smallest absolute Gasteiger partial charge is 0.166 e. The summed E-state index contributed by atoms with van der Waals surface area (Å²) < 4.78 is 151. The number of Topliss-reactive ketones (excluding diaryl/α,β-unsaturated/α-hetero) is 1. The first-order valence-electron chi connectivity index (χ1n) is 33.2. The molecule has 0 saturated heterocycles. The van der Waals surface area contributed by atoms with E-state index in [1.54, 1.807) is 21.3 Å². The molecule has 0 spiro atoms. The molecule has 0 radical (unpaired) electrons. The van der Waals surface area contributed by atoms with E-state index >= 15 is 0 Å². The minimum atomic E-state index is -0.755. The van der Waals surface area contributed by atoms with E-state index in [4.69, 9.17) is 128 Å². The zero-order valence-corrected chi connectivity index (χ0v) is 58.4. The van der Waals surface area contributed by atoms with E-state index < -0.39 is 6.10 Å². The SMILES string of the molecule is CCC(CC(=O)C(COCCOCCOCCOCCOCCOC(C)COCC(C)OCC(C)OCCOCCOCCOCCOC)OCCOCCOCCOCCOCCOC(C)COCC(C)OCC(C)OCCOCCOCCOCCOC)OC. The molecule has 0 aromatic carbocycles. The summed E-state index contributed by atoms with van der Waals surface area (Å²) in [5.41, 5.74) is 0. The van der Waals surface area contributed by atoms with Crippen LogP contribution >= 0.6 is 0 Å². The van der Waals surface area contributed by atoms with Crippen LogP contribution < -0.4 is 0 Å². The van der Waals surface area contributed by atoms with E-state index in [9.17, 15) is 4.79 Å². The maximum atomic E-state index is 13.1. The Kier molecular flexibility index (Phi) is 72.7. The monoisotopic (exact) mass is 1340 g/mol. The molecule has 0 rings (SSSR count). The molecule has 0 aromatic rings. The van der Waals surface area contributed by atoms with Gasteiger partial charge in [-0.25, -0.2) is 0 Å². The Balaban J connectivity index is 3.76. The Bertz CT molecular complexity index is 1430. The van der Waals surface area contributed by atoms with Gasteiger partial charge in [0.2, 0.25) is 0 Å². The summed E-state index contributed by atoms with van der Waals surface area (Å²) in [5.74, 6) is -0.0907. The van der Waals surface area contributed by atoms with E-state index in [2.05, 4.69) is 0 Å². The molecular weight excluding hydrogens is 1220 g/mol. The third-order valence-electron chi connectivity index (χ3n) is 12.5. The lowest BCUT2D eigenvalue weighted by Gasteiger charge is -2.20. The molecule has 0 aliphatic carbocycles. The number of ketones is 1. The van der Waals surface area contributed by atoms with Gasteiger partial charge in [-0.3, -0.25) is 4.79 Å². The van der Waals surface area contributed by atoms with Crippen LogP contribution in [0.15, 0.2) is 0 Å². The molecule has 8 unspecified atom stereocenters. The molecule has 92 heavy (non-hydrogen) atoms. The van der Waals surface area contributed by atoms with Crippen molar-refractivity contribution in [3.63, 3.8) is 0 Å². The van der Waals surface area contributed by atoms with Crippen molar-refractivity contribution in [2.24, 2.45) is 0 Å². The fourth-order valence-electron chi connectivity index (χ4n) is 7.35. The van der Waals surface area contributed by atoms with Gasteiger partial charge in [-0.2, -0.15) is 0 Å². The fraction of sp³-hybridized carbons (Fsp3) is 0.984. The van der Waals surface area contributed by atoms with Crippen molar-refractivity contribution in [2.75, 3.05) is 305 Å². The van der Waals surface area contributed by atoms with Gasteiger partial charge in [0.1, 0.15) is 6.10 Å². The number of hydrogen-bond donors (Lipinski definition) is 0. The minimum Gasteiger partial charge on any atom is -0.382 e. The first-order chi connectivity index (χ1) is 45.1. The summed E-state index contributed by atoms with van der Waals surface area (Å²) in [4.78, 5) is 13.1. The lowest BCUT2D eigenvalue weighted by molar-refractivity contribution is -0.139. The van der Waals surface area contributed by atoms with Crippen molar-refractivity contribution >= 4 is 5.78 Å². The largest absolute Gasteiger partial charge is 0.382 e. The van der Waals surface area contributed by atoms with Gasteiger partial charge in [-0.05, 0) is 48.0 Å². The quantitative estimate of drug-likeness (QED) is 0.0785. The molecule has 28 nitrogen and oxygen atoms in total. The van der Waals surface area contributed by atoms with Crippen LogP contribution in [0.3, 0.4) is 0 Å². The fourth-order valence-corrected chi connectivity index (χ4v) is 7.35. The second kappa shape index (κ2) is 73.8. The molecule has 8 atom stereocenters. The average molecular weight is 1350 g/mol. The van der Waals surface area contributed by atoms with Crippen molar-refractivity contribution in [3.8, 4) is 0 Å². The van der Waals surface area contributed by atoms with Crippen LogP contribution in [0.25, 0.3) is 0 Å². The lowest BCUT2D eigenvalue weighted by atomic mass is 10.1. The summed E-state index contributed by atoms with van der Waals surface area (Å²) >= 11 is 0. The molecule has 552 valence electrons. The number of carbonyl (C=O) groups excluding carboxylic acids is 1. The summed E-state index contributed by atoms with van der Waals surface area (Å²) in [5, 5.41) is 0. The van der Waals surface area contributed by atoms with Crippen molar-refractivity contribution < 1.29 is 133 Å². The topological polar surface area (TPSA) is 266 Å². The van der Waals surface area contributed by atoms with Gasteiger partial charge in [0.15, 0.2) is 5.78 Å². The zero-order chi connectivity index (χ0) is 67.1. The molecule has 0 bridgehead atoms. The van der Waals surface area contributed by atoms with E-state index in [1.807, 2.05) is 48.5 Å². The first kappa shape index (κ1) is 90.6. The Morgan fingerprint density at radius 3 is 0.707 bits per heavy atom. The second-order valence-corrected chi connectivity index (χ2v) is 21.0. The van der Waals surface area contributed by atoms with Crippen LogP contribution in [-0.4, -0.2) is 360 Å². The van der Waals surface area contributed by atoms with Gasteiger partial charge in [0, 0.05) is 27.8 Å².